The van der Waals surface area contributed by atoms with Crippen molar-refractivity contribution in [2.45, 2.75) is 13.0 Å². The van der Waals surface area contributed by atoms with Crippen molar-refractivity contribution in [3.8, 4) is 0 Å². The largest absolute Gasteiger partial charge is 0.378 e. The molecule has 5 heteroatoms. The maximum Gasteiger partial charge on any atom is 0.323 e. The molecule has 0 unspecified atom stereocenters. The topological polar surface area (TPSA) is 53.6 Å². The van der Waals surface area contributed by atoms with E-state index in [1.54, 1.807) is 7.11 Å². The van der Waals surface area contributed by atoms with Gasteiger partial charge in [-0.2, -0.15) is 0 Å². The quantitative estimate of drug-likeness (QED) is 0.909. The first-order chi connectivity index (χ1) is 11.1. The molecule has 0 aromatic heterocycles. The summed E-state index contributed by atoms with van der Waals surface area (Å²) in [5, 5.41) is 5.67. The molecule has 2 aromatic carbocycles. The number of carbonyl (C=O) groups is 1. The van der Waals surface area contributed by atoms with Crippen molar-refractivity contribution in [3.05, 3.63) is 54.1 Å². The molecule has 3 rings (SSSR count). The number of hydrogen-bond donors (Lipinski definition) is 2. The third kappa shape index (κ3) is 3.81. The van der Waals surface area contributed by atoms with Gasteiger partial charge in [-0.15, -0.1) is 0 Å². The number of urea groups is 1. The van der Waals surface area contributed by atoms with Crippen molar-refractivity contribution >= 4 is 23.1 Å². The molecule has 0 spiro atoms. The average Bonchev–Trinajstić information content (AvgIpc) is 2.48. The Hall–Kier alpha value is -2.53. The zero-order chi connectivity index (χ0) is 16.2. The first kappa shape index (κ1) is 15.4. The molecular weight excluding hydrogens is 290 g/mol. The molecule has 120 valence electrons. The lowest BCUT2D eigenvalue weighted by Crippen LogP contribution is -2.51. The Morgan fingerprint density at radius 3 is 2.43 bits per heavy atom. The van der Waals surface area contributed by atoms with E-state index >= 15 is 0 Å². The van der Waals surface area contributed by atoms with Crippen LogP contribution in [0.25, 0.3) is 0 Å². The molecule has 1 fully saturated rings. The van der Waals surface area contributed by atoms with Crippen LogP contribution >= 0.6 is 0 Å². The first-order valence-electron chi connectivity index (χ1n) is 7.66. The number of amides is 2. The summed E-state index contributed by atoms with van der Waals surface area (Å²) in [5.74, 6) is 0. The van der Waals surface area contributed by atoms with E-state index in [1.807, 2.05) is 55.5 Å². The molecule has 1 aliphatic rings. The molecule has 1 heterocycles. The molecular formula is C18H21N3O2. The van der Waals surface area contributed by atoms with E-state index < -0.39 is 0 Å². The summed E-state index contributed by atoms with van der Waals surface area (Å²) in [6.45, 7) is 3.82. The highest BCUT2D eigenvalue weighted by atomic mass is 16.5. The smallest absolute Gasteiger partial charge is 0.323 e. The summed E-state index contributed by atoms with van der Waals surface area (Å²) in [4.78, 5) is 14.3. The number of nitrogens with zero attached hydrogens (tertiary/aromatic N) is 1. The van der Waals surface area contributed by atoms with Crippen LogP contribution in [-0.2, 0) is 4.74 Å². The number of rotatable bonds is 4. The number of methoxy groups -OCH3 is 1. The van der Waals surface area contributed by atoms with Gasteiger partial charge in [0.2, 0.25) is 0 Å². The zero-order valence-corrected chi connectivity index (χ0v) is 13.4. The van der Waals surface area contributed by atoms with Gasteiger partial charge in [0.1, 0.15) is 0 Å². The Morgan fingerprint density at radius 1 is 1.09 bits per heavy atom. The van der Waals surface area contributed by atoms with Crippen LogP contribution in [0.5, 0.6) is 0 Å². The van der Waals surface area contributed by atoms with E-state index in [1.165, 1.54) is 0 Å². The fraction of sp³-hybridized carbons (Fsp3) is 0.278. The number of ether oxygens (including phenoxy) is 1. The van der Waals surface area contributed by atoms with Crippen LogP contribution in [0.2, 0.25) is 0 Å². The normalized spacial score (nSPS) is 14.3. The van der Waals surface area contributed by atoms with Gasteiger partial charge < -0.3 is 20.3 Å². The monoisotopic (exact) mass is 311 g/mol. The molecule has 0 atom stereocenters. The molecule has 1 aliphatic heterocycles. The Morgan fingerprint density at radius 2 is 1.78 bits per heavy atom. The number of carbonyl (C=O) groups excluding carboxylic acids is 1. The summed E-state index contributed by atoms with van der Waals surface area (Å²) in [6.07, 6.45) is 0.327. The van der Waals surface area contributed by atoms with Gasteiger partial charge >= 0.3 is 6.03 Å². The summed E-state index contributed by atoms with van der Waals surface area (Å²) in [6, 6.07) is 15.3. The Balaban J connectivity index is 1.55. The van der Waals surface area contributed by atoms with Crippen LogP contribution < -0.4 is 15.5 Å². The van der Waals surface area contributed by atoms with E-state index in [2.05, 4.69) is 15.5 Å². The SMILES string of the molecule is COC1CN(c2ccc(NC(=O)Nc3cccc(C)c3)cc2)C1. The van der Waals surface area contributed by atoms with Crippen molar-refractivity contribution in [3.63, 3.8) is 0 Å². The van der Waals surface area contributed by atoms with Gasteiger partial charge in [0, 0.05) is 37.3 Å². The highest BCUT2D eigenvalue weighted by molar-refractivity contribution is 5.99. The van der Waals surface area contributed by atoms with E-state index in [-0.39, 0.29) is 6.03 Å². The summed E-state index contributed by atoms with van der Waals surface area (Å²) < 4.78 is 5.27. The Labute approximate surface area is 136 Å². The van der Waals surface area contributed by atoms with Crippen LogP contribution in [0.1, 0.15) is 5.56 Å². The molecule has 5 nitrogen and oxygen atoms in total. The van der Waals surface area contributed by atoms with Gasteiger partial charge in [-0.1, -0.05) is 12.1 Å². The minimum atomic E-state index is -0.244. The van der Waals surface area contributed by atoms with Crippen LogP contribution in [-0.4, -0.2) is 32.3 Å². The fourth-order valence-corrected chi connectivity index (χ4v) is 2.57. The molecule has 0 aliphatic carbocycles. The lowest BCUT2D eigenvalue weighted by molar-refractivity contribution is 0.0788. The maximum absolute atomic E-state index is 12.0. The molecule has 1 saturated heterocycles. The van der Waals surface area contributed by atoms with Gasteiger partial charge in [-0.05, 0) is 48.9 Å². The second-order valence-corrected chi connectivity index (χ2v) is 5.76. The molecule has 2 N–H and O–H groups in total. The van der Waals surface area contributed by atoms with E-state index in [9.17, 15) is 4.79 Å². The molecule has 2 aromatic rings. The number of nitrogens with one attached hydrogen (secondary N) is 2. The summed E-state index contributed by atoms with van der Waals surface area (Å²) >= 11 is 0. The molecule has 23 heavy (non-hydrogen) atoms. The second kappa shape index (κ2) is 6.71. The van der Waals surface area contributed by atoms with Crippen molar-refractivity contribution in [2.24, 2.45) is 0 Å². The lowest BCUT2D eigenvalue weighted by atomic mass is 10.1. The average molecular weight is 311 g/mol. The zero-order valence-electron chi connectivity index (χ0n) is 13.4. The van der Waals surface area contributed by atoms with Gasteiger partial charge in [-0.25, -0.2) is 4.79 Å². The number of aryl methyl sites for hydroxylation is 1. The fourth-order valence-electron chi connectivity index (χ4n) is 2.57. The molecule has 0 bridgehead atoms. The van der Waals surface area contributed by atoms with Crippen LogP contribution in [0.15, 0.2) is 48.5 Å². The van der Waals surface area contributed by atoms with Crippen molar-refractivity contribution in [1.29, 1.82) is 0 Å². The third-order valence-corrected chi connectivity index (χ3v) is 3.95. The lowest BCUT2D eigenvalue weighted by Gasteiger charge is -2.40. The van der Waals surface area contributed by atoms with Crippen molar-refractivity contribution < 1.29 is 9.53 Å². The highest BCUT2D eigenvalue weighted by Crippen LogP contribution is 2.24. The van der Waals surface area contributed by atoms with Crippen molar-refractivity contribution in [2.75, 3.05) is 35.7 Å². The Bertz CT molecular complexity index is 679. The second-order valence-electron chi connectivity index (χ2n) is 5.76. The molecule has 0 radical (unpaired) electrons. The number of benzene rings is 2. The predicted octanol–water partition coefficient (Wildman–Crippen LogP) is 3.47. The van der Waals surface area contributed by atoms with Gasteiger partial charge in [-0.3, -0.25) is 0 Å². The van der Waals surface area contributed by atoms with Crippen molar-refractivity contribution in [1.82, 2.24) is 0 Å². The standard InChI is InChI=1S/C18H21N3O2/c1-13-4-3-5-15(10-13)20-18(22)19-14-6-8-16(9-7-14)21-11-17(12-21)23-2/h3-10,17H,11-12H2,1-2H3,(H2,19,20,22). The van der Waals surface area contributed by atoms with Crippen LogP contribution in [0.3, 0.4) is 0 Å². The predicted molar refractivity (Wildman–Crippen MR) is 93.3 cm³/mol. The minimum Gasteiger partial charge on any atom is -0.378 e. The van der Waals surface area contributed by atoms with Crippen LogP contribution in [0.4, 0.5) is 21.9 Å². The van der Waals surface area contributed by atoms with Crippen LogP contribution in [0, 0.1) is 6.92 Å². The molecule has 2 amide bonds. The Kier molecular flexibility index (Phi) is 4.48. The summed E-state index contributed by atoms with van der Waals surface area (Å²) in [7, 11) is 1.74. The maximum atomic E-state index is 12.0. The van der Waals surface area contributed by atoms with E-state index in [0.29, 0.717) is 6.10 Å². The minimum absolute atomic E-state index is 0.244. The number of hydrogen-bond acceptors (Lipinski definition) is 3. The van der Waals surface area contributed by atoms with Gasteiger partial charge in [0.25, 0.3) is 0 Å². The van der Waals surface area contributed by atoms with E-state index in [4.69, 9.17) is 4.74 Å². The third-order valence-electron chi connectivity index (χ3n) is 3.95. The summed E-state index contributed by atoms with van der Waals surface area (Å²) in [5.41, 5.74) is 3.80. The number of anilines is 3. The first-order valence-corrected chi connectivity index (χ1v) is 7.66. The van der Waals surface area contributed by atoms with Gasteiger partial charge in [0.15, 0.2) is 0 Å². The van der Waals surface area contributed by atoms with E-state index in [0.717, 1.165) is 35.7 Å². The highest BCUT2D eigenvalue weighted by Gasteiger charge is 2.26. The van der Waals surface area contributed by atoms with Gasteiger partial charge in [0.05, 0.1) is 6.10 Å². The molecule has 0 saturated carbocycles.